The highest BCUT2D eigenvalue weighted by Crippen LogP contribution is 2.11. The Morgan fingerprint density at radius 2 is 2.00 bits per heavy atom. The van der Waals surface area contributed by atoms with Gasteiger partial charge in [0.1, 0.15) is 11.9 Å². The van der Waals surface area contributed by atoms with Gasteiger partial charge in [0, 0.05) is 38.3 Å². The Morgan fingerprint density at radius 1 is 1.14 bits per heavy atom. The molecular weight excluding hydrogens is 363 g/mol. The van der Waals surface area contributed by atoms with Gasteiger partial charge in [0.2, 0.25) is 11.8 Å². The van der Waals surface area contributed by atoms with Crippen molar-refractivity contribution in [2.45, 2.75) is 31.7 Å². The van der Waals surface area contributed by atoms with Gasteiger partial charge in [0.25, 0.3) is 5.91 Å². The fraction of sp³-hybridized carbons (Fsp3) is 0.550. The Hall–Kier alpha value is -2.48. The van der Waals surface area contributed by atoms with Gasteiger partial charge in [-0.2, -0.15) is 0 Å². The minimum Gasteiger partial charge on any atom is -0.354 e. The first kappa shape index (κ1) is 20.3. The molecule has 2 fully saturated rings. The van der Waals surface area contributed by atoms with Gasteiger partial charge in [-0.3, -0.25) is 19.3 Å². The maximum Gasteiger partial charge on any atom is 0.254 e. The van der Waals surface area contributed by atoms with E-state index in [9.17, 15) is 18.8 Å². The van der Waals surface area contributed by atoms with E-state index in [4.69, 9.17) is 0 Å². The van der Waals surface area contributed by atoms with Crippen molar-refractivity contribution in [3.8, 4) is 0 Å². The van der Waals surface area contributed by atoms with Crippen LogP contribution in [0.15, 0.2) is 24.3 Å². The van der Waals surface area contributed by atoms with Crippen molar-refractivity contribution in [1.29, 1.82) is 0 Å². The van der Waals surface area contributed by atoms with Crippen LogP contribution in [0.3, 0.4) is 0 Å². The van der Waals surface area contributed by atoms with Gasteiger partial charge >= 0.3 is 0 Å². The van der Waals surface area contributed by atoms with E-state index in [1.807, 2.05) is 4.90 Å². The smallest absolute Gasteiger partial charge is 0.254 e. The summed E-state index contributed by atoms with van der Waals surface area (Å²) in [7, 11) is 0. The van der Waals surface area contributed by atoms with E-state index in [2.05, 4.69) is 10.6 Å². The molecule has 0 radical (unpaired) electrons. The van der Waals surface area contributed by atoms with Crippen LogP contribution in [0.2, 0.25) is 0 Å². The molecule has 2 saturated heterocycles. The van der Waals surface area contributed by atoms with Crippen LogP contribution in [0.4, 0.5) is 4.39 Å². The fourth-order valence-electron chi connectivity index (χ4n) is 3.66. The van der Waals surface area contributed by atoms with E-state index in [1.54, 1.807) is 11.0 Å². The number of carbonyl (C=O) groups is 3. The van der Waals surface area contributed by atoms with E-state index < -0.39 is 11.9 Å². The maximum absolute atomic E-state index is 13.4. The maximum atomic E-state index is 13.4. The first-order valence-corrected chi connectivity index (χ1v) is 9.87. The number of halogens is 1. The minimum absolute atomic E-state index is 0.117. The fourth-order valence-corrected chi connectivity index (χ4v) is 3.66. The molecule has 152 valence electrons. The summed E-state index contributed by atoms with van der Waals surface area (Å²) in [4.78, 5) is 40.6. The highest BCUT2D eigenvalue weighted by molar-refractivity contribution is 5.94. The van der Waals surface area contributed by atoms with Crippen molar-refractivity contribution < 1.29 is 18.8 Å². The SMILES string of the molecule is O=C(CN1CCCN(C(=O)c2cccc(F)c2)CC1)NC1CCCCNC1=O. The van der Waals surface area contributed by atoms with Crippen molar-refractivity contribution in [3.05, 3.63) is 35.6 Å². The summed E-state index contributed by atoms with van der Waals surface area (Å²) in [5.74, 6) is -0.914. The Morgan fingerprint density at radius 3 is 2.82 bits per heavy atom. The third kappa shape index (κ3) is 5.51. The molecule has 0 aromatic heterocycles. The van der Waals surface area contributed by atoms with Crippen molar-refractivity contribution in [1.82, 2.24) is 20.4 Å². The van der Waals surface area contributed by atoms with E-state index in [1.165, 1.54) is 18.2 Å². The highest BCUT2D eigenvalue weighted by Gasteiger charge is 2.25. The zero-order valence-corrected chi connectivity index (χ0v) is 16.0. The largest absolute Gasteiger partial charge is 0.354 e. The molecular formula is C20H27FN4O3. The lowest BCUT2D eigenvalue weighted by atomic mass is 10.1. The molecule has 1 aromatic carbocycles. The molecule has 2 heterocycles. The lowest BCUT2D eigenvalue weighted by Gasteiger charge is -2.23. The second kappa shape index (κ2) is 9.64. The number of carbonyl (C=O) groups excluding carboxylic acids is 3. The van der Waals surface area contributed by atoms with E-state index in [0.29, 0.717) is 44.7 Å². The van der Waals surface area contributed by atoms with Crippen molar-refractivity contribution in [2.24, 2.45) is 0 Å². The number of amides is 3. The number of rotatable bonds is 4. The summed E-state index contributed by atoms with van der Waals surface area (Å²) in [6.45, 7) is 3.16. The quantitative estimate of drug-likeness (QED) is 0.795. The van der Waals surface area contributed by atoms with E-state index in [0.717, 1.165) is 19.3 Å². The van der Waals surface area contributed by atoms with Crippen molar-refractivity contribution in [2.75, 3.05) is 39.3 Å². The number of nitrogens with one attached hydrogen (secondary N) is 2. The van der Waals surface area contributed by atoms with Crippen LogP contribution in [-0.4, -0.2) is 72.8 Å². The summed E-state index contributed by atoms with van der Waals surface area (Å²) in [6, 6.07) is 5.23. The average Bonchev–Trinajstić information content (AvgIpc) is 3.02. The monoisotopic (exact) mass is 390 g/mol. The van der Waals surface area contributed by atoms with E-state index in [-0.39, 0.29) is 24.3 Å². The Kier molecular flexibility index (Phi) is 6.97. The van der Waals surface area contributed by atoms with Gasteiger partial charge in [0.15, 0.2) is 0 Å². The van der Waals surface area contributed by atoms with Gasteiger partial charge < -0.3 is 15.5 Å². The molecule has 28 heavy (non-hydrogen) atoms. The van der Waals surface area contributed by atoms with Gasteiger partial charge in [-0.1, -0.05) is 6.07 Å². The predicted octanol–water partition coefficient (Wildman–Crippen LogP) is 0.758. The molecule has 3 amide bonds. The summed E-state index contributed by atoms with van der Waals surface area (Å²) in [5.41, 5.74) is 0.338. The molecule has 3 rings (SSSR count). The normalized spacial score (nSPS) is 21.4. The van der Waals surface area contributed by atoms with Crippen LogP contribution in [0.25, 0.3) is 0 Å². The first-order valence-electron chi connectivity index (χ1n) is 9.87. The van der Waals surface area contributed by atoms with Crippen LogP contribution in [-0.2, 0) is 9.59 Å². The van der Waals surface area contributed by atoms with E-state index >= 15 is 0 Å². The molecule has 0 saturated carbocycles. The molecule has 1 aromatic rings. The lowest BCUT2D eigenvalue weighted by Crippen LogP contribution is -2.49. The number of hydrogen-bond donors (Lipinski definition) is 2. The Bertz CT molecular complexity index is 727. The lowest BCUT2D eigenvalue weighted by molar-refractivity contribution is -0.129. The highest BCUT2D eigenvalue weighted by atomic mass is 19.1. The molecule has 2 N–H and O–H groups in total. The van der Waals surface area contributed by atoms with Crippen molar-refractivity contribution in [3.63, 3.8) is 0 Å². The standard InChI is InChI=1S/C20H27FN4O3/c21-16-6-3-5-15(13-16)20(28)25-10-4-9-24(11-12-25)14-18(26)23-17-7-1-2-8-22-19(17)27/h3,5-6,13,17H,1-2,4,7-12,14H2,(H,22,27)(H,23,26). The molecule has 0 aliphatic carbocycles. The second-order valence-corrected chi connectivity index (χ2v) is 7.34. The summed E-state index contributed by atoms with van der Waals surface area (Å²) >= 11 is 0. The molecule has 1 unspecified atom stereocenters. The topological polar surface area (TPSA) is 81.8 Å². The van der Waals surface area contributed by atoms with Gasteiger partial charge in [-0.15, -0.1) is 0 Å². The molecule has 1 atom stereocenters. The number of nitrogens with zero attached hydrogens (tertiary/aromatic N) is 2. The summed E-state index contributed by atoms with van der Waals surface area (Å²) in [5, 5.41) is 5.64. The zero-order chi connectivity index (χ0) is 19.9. The molecule has 7 nitrogen and oxygen atoms in total. The molecule has 0 bridgehead atoms. The van der Waals surface area contributed by atoms with Crippen LogP contribution in [0, 0.1) is 5.82 Å². The number of benzene rings is 1. The molecule has 2 aliphatic heterocycles. The second-order valence-electron chi connectivity index (χ2n) is 7.34. The zero-order valence-electron chi connectivity index (χ0n) is 16.0. The predicted molar refractivity (Wildman–Crippen MR) is 102 cm³/mol. The van der Waals surface area contributed by atoms with Crippen LogP contribution >= 0.6 is 0 Å². The number of hydrogen-bond acceptors (Lipinski definition) is 4. The minimum atomic E-state index is -0.465. The van der Waals surface area contributed by atoms with Crippen LogP contribution in [0.5, 0.6) is 0 Å². The third-order valence-corrected chi connectivity index (χ3v) is 5.19. The van der Waals surface area contributed by atoms with Crippen LogP contribution < -0.4 is 10.6 Å². The Balaban J connectivity index is 1.50. The average molecular weight is 390 g/mol. The summed E-state index contributed by atoms with van der Waals surface area (Å²) < 4.78 is 13.4. The molecule has 0 spiro atoms. The van der Waals surface area contributed by atoms with Gasteiger partial charge in [0.05, 0.1) is 6.54 Å². The third-order valence-electron chi connectivity index (χ3n) is 5.19. The van der Waals surface area contributed by atoms with Gasteiger partial charge in [-0.25, -0.2) is 4.39 Å². The molecule has 8 heteroatoms. The van der Waals surface area contributed by atoms with Crippen molar-refractivity contribution >= 4 is 17.7 Å². The summed E-state index contributed by atoms with van der Waals surface area (Å²) in [6.07, 6.45) is 3.23. The van der Waals surface area contributed by atoms with Crippen LogP contribution in [0.1, 0.15) is 36.0 Å². The first-order chi connectivity index (χ1) is 13.5. The Labute approximate surface area is 164 Å². The molecule has 2 aliphatic rings. The van der Waals surface area contributed by atoms with Gasteiger partial charge in [-0.05, 0) is 43.9 Å².